The summed E-state index contributed by atoms with van der Waals surface area (Å²) in [4.78, 5) is 14.3. The number of hydrogen-bond acceptors (Lipinski definition) is 3. The third-order valence-electron chi connectivity index (χ3n) is 19.3. The summed E-state index contributed by atoms with van der Waals surface area (Å²) in [6.45, 7) is 31.0. The first-order chi connectivity index (χ1) is 44.0. The highest BCUT2D eigenvalue weighted by atomic mass is 14.9. The minimum atomic E-state index is 0.271. The van der Waals surface area contributed by atoms with Crippen molar-refractivity contribution in [3.05, 3.63) is 249 Å². The van der Waals surface area contributed by atoms with Gasteiger partial charge in [0.25, 0.3) is 0 Å². The van der Waals surface area contributed by atoms with Crippen LogP contribution in [0.5, 0.6) is 0 Å². The number of fused-ring (bicyclic) bond motifs is 3. The largest absolute Gasteiger partial charge is 0.256 e. The van der Waals surface area contributed by atoms with E-state index in [0.29, 0.717) is 11.8 Å². The highest BCUT2D eigenvalue weighted by Crippen LogP contribution is 2.36. The summed E-state index contributed by atoms with van der Waals surface area (Å²) in [5.41, 5.74) is 34.2. The molecular formula is C86H95N6+3. The molecule has 1 aliphatic rings. The van der Waals surface area contributed by atoms with Crippen molar-refractivity contribution in [3.63, 3.8) is 0 Å². The summed E-state index contributed by atoms with van der Waals surface area (Å²) < 4.78 is 6.93. The summed E-state index contributed by atoms with van der Waals surface area (Å²) in [5, 5.41) is 3.70. The zero-order chi connectivity index (χ0) is 65.3. The highest BCUT2D eigenvalue weighted by molar-refractivity contribution is 5.86. The average molecular weight is 1210 g/mol. The van der Waals surface area contributed by atoms with Gasteiger partial charge in [-0.3, -0.25) is 15.0 Å². The SMILES string of the molecule is Cc1cc(C)c(C)c(-c2ccc3cc(-c4ccc(C5CCCC5)cn4)ccc3[n+]2C)c1.Cc1cc(C)c(C)c(-c2ccc3cc(-c4ccc(CC(C)(C)C)cn4)ccc3[n+]2C)c1.Cc1cc(C)c(C)c(-c2ccc3cc(-c4ccc(CC(C)C)cn4)ccc3[n+]2C)c1. The molecule has 0 aliphatic heterocycles. The number of hydrogen-bond donors (Lipinski definition) is 0. The van der Waals surface area contributed by atoms with E-state index in [0.717, 1.165) is 41.1 Å². The Kier molecular flexibility index (Phi) is 19.0. The van der Waals surface area contributed by atoms with Gasteiger partial charge in [-0.25, -0.2) is 0 Å². The Balaban J connectivity index is 0.000000141. The first-order valence-electron chi connectivity index (χ1n) is 33.4. The fourth-order valence-corrected chi connectivity index (χ4v) is 14.0. The van der Waals surface area contributed by atoms with Gasteiger partial charge in [-0.2, -0.15) is 13.7 Å². The van der Waals surface area contributed by atoms with Gasteiger partial charge in [0.15, 0.2) is 0 Å². The van der Waals surface area contributed by atoms with Crippen LogP contribution < -0.4 is 13.7 Å². The van der Waals surface area contributed by atoms with Crippen LogP contribution in [0.25, 0.3) is 100 Å². The zero-order valence-electron chi connectivity index (χ0n) is 57.9. The van der Waals surface area contributed by atoms with Crippen LogP contribution in [0.3, 0.4) is 0 Å². The van der Waals surface area contributed by atoms with E-state index in [1.807, 2.05) is 12.4 Å². The van der Waals surface area contributed by atoms with Crippen molar-refractivity contribution in [3.8, 4) is 67.5 Å². The molecule has 0 unspecified atom stereocenters. The van der Waals surface area contributed by atoms with Gasteiger partial charge in [-0.05, 0) is 246 Å². The second-order valence-corrected chi connectivity index (χ2v) is 28.3. The van der Waals surface area contributed by atoms with Crippen molar-refractivity contribution >= 4 is 32.7 Å². The molecule has 0 atom stereocenters. The number of rotatable bonds is 10. The van der Waals surface area contributed by atoms with Crippen LogP contribution in [-0.4, -0.2) is 15.0 Å². The van der Waals surface area contributed by atoms with Crippen LogP contribution in [0, 0.1) is 73.6 Å². The predicted molar refractivity (Wildman–Crippen MR) is 387 cm³/mol. The third kappa shape index (κ3) is 14.2. The topological polar surface area (TPSA) is 50.3 Å². The lowest BCUT2D eigenvalue weighted by Gasteiger charge is -2.17. The van der Waals surface area contributed by atoms with E-state index in [4.69, 9.17) is 15.0 Å². The Labute approximate surface area is 548 Å². The fraction of sp³-hybridized carbons (Fsp3) is 0.302. The van der Waals surface area contributed by atoms with Crippen molar-refractivity contribution < 1.29 is 13.7 Å². The smallest absolute Gasteiger partial charge is 0.213 e. The molecule has 0 bridgehead atoms. The minimum absolute atomic E-state index is 0.271. The molecule has 0 N–H and O–H groups in total. The second kappa shape index (κ2) is 27.1. The average Bonchev–Trinajstić information content (AvgIpc) is 0.854. The molecule has 1 fully saturated rings. The lowest BCUT2D eigenvalue weighted by atomic mass is 9.89. The van der Waals surface area contributed by atoms with E-state index < -0.39 is 0 Å². The lowest BCUT2D eigenvalue weighted by molar-refractivity contribution is -0.633. The van der Waals surface area contributed by atoms with Crippen LogP contribution in [0.1, 0.15) is 133 Å². The third-order valence-corrected chi connectivity index (χ3v) is 19.3. The normalized spacial score (nSPS) is 12.6. The summed E-state index contributed by atoms with van der Waals surface area (Å²) in [5.74, 6) is 1.36. The number of aryl methyl sites for hydroxylation is 9. The maximum atomic E-state index is 4.81. The molecule has 6 aromatic carbocycles. The summed E-state index contributed by atoms with van der Waals surface area (Å²) in [6, 6.07) is 60.3. The van der Waals surface area contributed by atoms with Gasteiger partial charge in [0.05, 0.1) is 17.1 Å². The lowest BCUT2D eigenvalue weighted by Crippen LogP contribution is -2.32. The van der Waals surface area contributed by atoms with Crippen LogP contribution in [0.15, 0.2) is 182 Å². The molecule has 0 saturated heterocycles. The molecule has 6 heterocycles. The molecule has 6 nitrogen and oxygen atoms in total. The Hall–Kier alpha value is -9.00. The predicted octanol–water partition coefficient (Wildman–Crippen LogP) is 20.4. The van der Waals surface area contributed by atoms with Gasteiger partial charge in [0.1, 0.15) is 21.1 Å². The molecule has 1 aliphatic carbocycles. The van der Waals surface area contributed by atoms with Crippen LogP contribution in [-0.2, 0) is 34.0 Å². The van der Waals surface area contributed by atoms with Gasteiger partial charge in [0.2, 0.25) is 33.6 Å². The van der Waals surface area contributed by atoms with Gasteiger partial charge in [0, 0.05) is 105 Å². The Morgan fingerprint density at radius 1 is 0.402 bits per heavy atom. The Morgan fingerprint density at radius 3 is 1.09 bits per heavy atom. The van der Waals surface area contributed by atoms with Gasteiger partial charge in [-0.1, -0.05) is 101 Å². The zero-order valence-corrected chi connectivity index (χ0v) is 57.9. The molecule has 92 heavy (non-hydrogen) atoms. The molecule has 0 amide bonds. The molecule has 6 aromatic heterocycles. The maximum Gasteiger partial charge on any atom is 0.213 e. The van der Waals surface area contributed by atoms with Crippen LogP contribution in [0.2, 0.25) is 0 Å². The second-order valence-electron chi connectivity index (χ2n) is 28.3. The number of pyridine rings is 6. The van der Waals surface area contributed by atoms with E-state index in [1.54, 1.807) is 0 Å². The number of benzene rings is 6. The van der Waals surface area contributed by atoms with Gasteiger partial charge < -0.3 is 0 Å². The standard InChI is InChI=1S/C29H31N2.C29H33N2.C28H31N2/c1-19-15-20(2)21(3)26(16-19)29-14-11-24-17-23(10-13-28(24)31(29)4)27-12-9-25(18-30-27)22-7-5-6-8-22;1-19-14-20(2)21(3)25(15-19)28-13-10-24-16-23(9-12-27(24)31(28)7)26-11-8-22(18-30-26)17-29(4,5)6;1-18(2)13-22-7-10-26(29-17-22)23-8-11-27-24(16-23)9-12-28(30(27)6)25-15-19(3)14-20(4)21(25)5/h9-18,22H,5-8H2,1-4H3;8-16,18H,17H2,1-7H3;7-12,14-18H,13H2,1-6H3/q3*+1. The van der Waals surface area contributed by atoms with Crippen molar-refractivity contribution in [1.29, 1.82) is 0 Å². The van der Waals surface area contributed by atoms with E-state index in [9.17, 15) is 0 Å². The molecule has 1 saturated carbocycles. The molecule has 6 heteroatoms. The van der Waals surface area contributed by atoms with E-state index in [1.165, 1.54) is 164 Å². The Bertz CT molecular complexity index is 4690. The van der Waals surface area contributed by atoms with Gasteiger partial charge >= 0.3 is 0 Å². The van der Waals surface area contributed by atoms with Crippen LogP contribution >= 0.6 is 0 Å². The molecular weight excluding hydrogens is 1120 g/mol. The molecule has 13 rings (SSSR count). The van der Waals surface area contributed by atoms with Gasteiger partial charge in [-0.15, -0.1) is 0 Å². The Morgan fingerprint density at radius 2 is 0.761 bits per heavy atom. The number of aromatic nitrogens is 6. The summed E-state index contributed by atoms with van der Waals surface area (Å²) in [7, 11) is 6.49. The van der Waals surface area contributed by atoms with Crippen molar-refractivity contribution in [2.45, 2.75) is 141 Å². The molecule has 0 spiro atoms. The first-order valence-corrected chi connectivity index (χ1v) is 33.4. The summed E-state index contributed by atoms with van der Waals surface area (Å²) in [6.07, 6.45) is 13.6. The fourth-order valence-electron chi connectivity index (χ4n) is 14.0. The molecule has 12 aromatic rings. The quantitative estimate of drug-likeness (QED) is 0.128. The molecule has 466 valence electrons. The van der Waals surface area contributed by atoms with Crippen molar-refractivity contribution in [2.24, 2.45) is 32.5 Å². The highest BCUT2D eigenvalue weighted by Gasteiger charge is 2.23. The monoisotopic (exact) mass is 1210 g/mol. The molecule has 0 radical (unpaired) electrons. The van der Waals surface area contributed by atoms with E-state index in [-0.39, 0.29) is 5.41 Å². The summed E-state index contributed by atoms with van der Waals surface area (Å²) >= 11 is 0. The first kappa shape index (κ1) is 64.5. The number of nitrogens with zero attached hydrogens (tertiary/aromatic N) is 6. The van der Waals surface area contributed by atoms with Crippen molar-refractivity contribution in [2.75, 3.05) is 0 Å². The van der Waals surface area contributed by atoms with Crippen molar-refractivity contribution in [1.82, 2.24) is 15.0 Å². The van der Waals surface area contributed by atoms with E-state index >= 15 is 0 Å². The van der Waals surface area contributed by atoms with E-state index in [2.05, 4.69) is 302 Å². The van der Waals surface area contributed by atoms with Crippen LogP contribution in [0.4, 0.5) is 0 Å². The minimum Gasteiger partial charge on any atom is -0.256 e. The maximum absolute atomic E-state index is 4.81.